The smallest absolute Gasteiger partial charge is 0.213 e. The molecular formula is C15H24N2O. The molecule has 1 heterocycles. The first-order valence-electron chi connectivity index (χ1n) is 7.03. The number of hydrogen-bond donors (Lipinski definition) is 1. The van der Waals surface area contributed by atoms with Crippen LogP contribution in [0.4, 0.5) is 0 Å². The molecule has 2 atom stereocenters. The van der Waals surface area contributed by atoms with Gasteiger partial charge in [-0.2, -0.15) is 0 Å². The first-order valence-corrected chi connectivity index (χ1v) is 7.03. The van der Waals surface area contributed by atoms with Gasteiger partial charge in [0.1, 0.15) is 0 Å². The van der Waals surface area contributed by atoms with Crippen molar-refractivity contribution >= 4 is 0 Å². The number of methoxy groups -OCH3 is 1. The highest BCUT2D eigenvalue weighted by molar-refractivity contribution is 5.15. The van der Waals surface area contributed by atoms with Gasteiger partial charge in [-0.05, 0) is 24.8 Å². The van der Waals surface area contributed by atoms with Crippen molar-refractivity contribution in [3.8, 4) is 5.88 Å². The molecule has 0 amide bonds. The Labute approximate surface area is 110 Å². The van der Waals surface area contributed by atoms with Crippen LogP contribution in [0.25, 0.3) is 0 Å². The Bertz CT molecular complexity index is 367. The highest BCUT2D eigenvalue weighted by Gasteiger charge is 2.19. The molecule has 18 heavy (non-hydrogen) atoms. The number of rotatable bonds is 4. The molecule has 2 rings (SSSR count). The van der Waals surface area contributed by atoms with Crippen LogP contribution in [0.1, 0.15) is 44.7 Å². The number of aromatic nitrogens is 1. The molecule has 0 aliphatic heterocycles. The summed E-state index contributed by atoms with van der Waals surface area (Å²) < 4.78 is 5.15. The minimum absolute atomic E-state index is 0.639. The number of pyridine rings is 1. The van der Waals surface area contributed by atoms with E-state index in [1.165, 1.54) is 32.1 Å². The van der Waals surface area contributed by atoms with Gasteiger partial charge in [0.25, 0.3) is 0 Å². The molecule has 0 radical (unpaired) electrons. The van der Waals surface area contributed by atoms with Crippen molar-refractivity contribution in [3.05, 3.63) is 23.9 Å². The summed E-state index contributed by atoms with van der Waals surface area (Å²) in [6.45, 7) is 3.20. The Hall–Kier alpha value is -1.09. The van der Waals surface area contributed by atoms with Gasteiger partial charge in [0, 0.05) is 18.7 Å². The van der Waals surface area contributed by atoms with Gasteiger partial charge in [0.15, 0.2) is 0 Å². The molecule has 1 saturated carbocycles. The Morgan fingerprint density at radius 2 is 2.11 bits per heavy atom. The normalized spacial score (nSPS) is 24.6. The van der Waals surface area contributed by atoms with Crippen LogP contribution < -0.4 is 10.1 Å². The van der Waals surface area contributed by atoms with E-state index >= 15 is 0 Å². The molecular weight excluding hydrogens is 224 g/mol. The van der Waals surface area contributed by atoms with Gasteiger partial charge in [-0.15, -0.1) is 0 Å². The number of nitrogens with one attached hydrogen (secondary N) is 1. The predicted molar refractivity (Wildman–Crippen MR) is 73.7 cm³/mol. The molecule has 3 heteroatoms. The van der Waals surface area contributed by atoms with Crippen LogP contribution in [-0.2, 0) is 6.54 Å². The van der Waals surface area contributed by atoms with Crippen LogP contribution in [0.2, 0.25) is 0 Å². The molecule has 0 aromatic carbocycles. The third-order valence-corrected chi connectivity index (χ3v) is 3.90. The summed E-state index contributed by atoms with van der Waals surface area (Å²) in [5.41, 5.74) is 1.06. The molecule has 1 fully saturated rings. The van der Waals surface area contributed by atoms with Crippen LogP contribution in [0.3, 0.4) is 0 Å². The summed E-state index contributed by atoms with van der Waals surface area (Å²) in [5, 5.41) is 3.66. The van der Waals surface area contributed by atoms with E-state index in [9.17, 15) is 0 Å². The summed E-state index contributed by atoms with van der Waals surface area (Å²) in [7, 11) is 1.66. The Morgan fingerprint density at radius 3 is 2.94 bits per heavy atom. The van der Waals surface area contributed by atoms with Crippen molar-refractivity contribution in [2.24, 2.45) is 5.92 Å². The van der Waals surface area contributed by atoms with E-state index in [1.807, 2.05) is 12.1 Å². The van der Waals surface area contributed by atoms with E-state index in [0.717, 1.165) is 18.2 Å². The summed E-state index contributed by atoms with van der Waals surface area (Å²) in [6, 6.07) is 6.58. The van der Waals surface area contributed by atoms with Gasteiger partial charge < -0.3 is 10.1 Å². The number of ether oxygens (including phenoxy) is 1. The molecule has 3 nitrogen and oxygen atoms in total. The predicted octanol–water partition coefficient (Wildman–Crippen LogP) is 3.15. The lowest BCUT2D eigenvalue weighted by molar-refractivity contribution is 0.352. The first kappa shape index (κ1) is 13.3. The lowest BCUT2D eigenvalue weighted by Crippen LogP contribution is -2.34. The quantitative estimate of drug-likeness (QED) is 0.831. The monoisotopic (exact) mass is 248 g/mol. The molecule has 1 aliphatic rings. The van der Waals surface area contributed by atoms with Crippen LogP contribution in [-0.4, -0.2) is 18.1 Å². The van der Waals surface area contributed by atoms with Crippen molar-refractivity contribution in [2.45, 2.75) is 51.6 Å². The average molecular weight is 248 g/mol. The fraction of sp³-hybridized carbons (Fsp3) is 0.667. The molecule has 1 aromatic rings. The van der Waals surface area contributed by atoms with Crippen LogP contribution in [0, 0.1) is 5.92 Å². The van der Waals surface area contributed by atoms with Crippen molar-refractivity contribution in [3.63, 3.8) is 0 Å². The first-order chi connectivity index (χ1) is 8.79. The van der Waals surface area contributed by atoms with Crippen LogP contribution in [0.15, 0.2) is 18.2 Å². The highest BCUT2D eigenvalue weighted by Crippen LogP contribution is 2.23. The molecule has 2 unspecified atom stereocenters. The second kappa shape index (κ2) is 6.74. The minimum atomic E-state index is 0.639. The van der Waals surface area contributed by atoms with Crippen LogP contribution in [0.5, 0.6) is 5.88 Å². The molecule has 1 aliphatic carbocycles. The molecule has 0 saturated heterocycles. The summed E-state index contributed by atoms with van der Waals surface area (Å²) in [6.07, 6.45) is 6.78. The zero-order chi connectivity index (χ0) is 12.8. The third-order valence-electron chi connectivity index (χ3n) is 3.90. The highest BCUT2D eigenvalue weighted by atomic mass is 16.5. The van der Waals surface area contributed by atoms with Crippen molar-refractivity contribution in [2.75, 3.05) is 7.11 Å². The number of hydrogen-bond acceptors (Lipinski definition) is 3. The van der Waals surface area contributed by atoms with Crippen molar-refractivity contribution < 1.29 is 4.74 Å². The summed E-state index contributed by atoms with van der Waals surface area (Å²) in [4.78, 5) is 4.44. The summed E-state index contributed by atoms with van der Waals surface area (Å²) >= 11 is 0. The molecule has 1 N–H and O–H groups in total. The fourth-order valence-corrected chi connectivity index (χ4v) is 2.70. The Kier molecular flexibility index (Phi) is 5.00. The zero-order valence-electron chi connectivity index (χ0n) is 11.5. The van der Waals surface area contributed by atoms with Gasteiger partial charge in [0.2, 0.25) is 5.88 Å². The summed E-state index contributed by atoms with van der Waals surface area (Å²) in [5.74, 6) is 1.47. The standard InChI is InChI=1S/C15H24N2O/c1-12-7-4-3-5-9-14(12)16-11-13-8-6-10-15(17-13)18-2/h6,8,10,12,14,16H,3-5,7,9,11H2,1-2H3. The SMILES string of the molecule is COc1cccc(CNC2CCCCCC2C)n1. The molecule has 1 aromatic heterocycles. The average Bonchev–Trinajstić information content (AvgIpc) is 2.61. The Morgan fingerprint density at radius 1 is 1.28 bits per heavy atom. The lowest BCUT2D eigenvalue weighted by atomic mass is 9.97. The van der Waals surface area contributed by atoms with E-state index in [-0.39, 0.29) is 0 Å². The van der Waals surface area contributed by atoms with E-state index in [4.69, 9.17) is 4.74 Å². The maximum atomic E-state index is 5.15. The Balaban J connectivity index is 1.89. The third kappa shape index (κ3) is 3.70. The van der Waals surface area contributed by atoms with Gasteiger partial charge in [-0.1, -0.05) is 32.3 Å². The fourth-order valence-electron chi connectivity index (χ4n) is 2.70. The maximum absolute atomic E-state index is 5.15. The van der Waals surface area contributed by atoms with E-state index < -0.39 is 0 Å². The van der Waals surface area contributed by atoms with Crippen molar-refractivity contribution in [1.82, 2.24) is 10.3 Å². The minimum Gasteiger partial charge on any atom is -0.481 e. The van der Waals surface area contributed by atoms with E-state index in [1.54, 1.807) is 7.11 Å². The lowest BCUT2D eigenvalue weighted by Gasteiger charge is -2.22. The van der Waals surface area contributed by atoms with E-state index in [0.29, 0.717) is 11.9 Å². The number of nitrogens with zero attached hydrogens (tertiary/aromatic N) is 1. The topological polar surface area (TPSA) is 34.1 Å². The molecule has 0 bridgehead atoms. The van der Waals surface area contributed by atoms with Gasteiger partial charge in [-0.25, -0.2) is 4.98 Å². The second-order valence-electron chi connectivity index (χ2n) is 5.27. The molecule has 0 spiro atoms. The zero-order valence-corrected chi connectivity index (χ0v) is 11.5. The van der Waals surface area contributed by atoms with Gasteiger partial charge >= 0.3 is 0 Å². The second-order valence-corrected chi connectivity index (χ2v) is 5.27. The molecule has 100 valence electrons. The maximum Gasteiger partial charge on any atom is 0.213 e. The largest absolute Gasteiger partial charge is 0.481 e. The van der Waals surface area contributed by atoms with E-state index in [2.05, 4.69) is 23.3 Å². The van der Waals surface area contributed by atoms with Gasteiger partial charge in [-0.3, -0.25) is 0 Å². The van der Waals surface area contributed by atoms with Crippen molar-refractivity contribution in [1.29, 1.82) is 0 Å². The van der Waals surface area contributed by atoms with Crippen LogP contribution >= 0.6 is 0 Å². The van der Waals surface area contributed by atoms with Gasteiger partial charge in [0.05, 0.1) is 12.8 Å².